The number of carbonyl (C=O) groups excluding carboxylic acids is 1. The van der Waals surface area contributed by atoms with Crippen LogP contribution in [-0.2, 0) is 15.8 Å². The molecule has 0 bridgehead atoms. The Balaban J connectivity index is 2.82. The van der Waals surface area contributed by atoms with Gasteiger partial charge in [0.15, 0.2) is 0 Å². The molecule has 1 amide bonds. The van der Waals surface area contributed by atoms with Crippen LogP contribution in [0.25, 0.3) is 0 Å². The van der Waals surface area contributed by atoms with E-state index in [9.17, 15) is 18.3 Å². The first kappa shape index (κ1) is 13.3. The van der Waals surface area contributed by atoms with Gasteiger partial charge in [-0.1, -0.05) is 12.1 Å². The number of amides is 1. The highest BCUT2D eigenvalue weighted by Crippen LogP contribution is 2.11. The Labute approximate surface area is 98.4 Å². The summed E-state index contributed by atoms with van der Waals surface area (Å²) in [7, 11) is -1.90. The van der Waals surface area contributed by atoms with Crippen molar-refractivity contribution in [1.29, 1.82) is 0 Å². The Morgan fingerprint density at radius 3 is 2.59 bits per heavy atom. The third-order valence-electron chi connectivity index (χ3n) is 1.79. The molecule has 0 heterocycles. The van der Waals surface area contributed by atoms with Gasteiger partial charge in [0.05, 0.1) is 17.0 Å². The van der Waals surface area contributed by atoms with Gasteiger partial charge in [-0.2, -0.15) is 5.54 Å². The number of carboxylic acids is 1. The van der Waals surface area contributed by atoms with E-state index < -0.39 is 29.4 Å². The first-order valence-electron chi connectivity index (χ1n) is 4.43. The number of aromatic carboxylic acids is 1. The highest BCUT2D eigenvalue weighted by molar-refractivity contribution is 7.83. The maximum absolute atomic E-state index is 11.6. The van der Waals surface area contributed by atoms with Crippen LogP contribution in [0.1, 0.15) is 10.4 Å². The van der Waals surface area contributed by atoms with Crippen molar-refractivity contribution in [3.05, 3.63) is 29.8 Å². The van der Waals surface area contributed by atoms with Crippen LogP contribution < -0.4 is 10.3 Å². The van der Waals surface area contributed by atoms with E-state index in [-0.39, 0.29) is 10.5 Å². The predicted molar refractivity (Wildman–Crippen MR) is 57.1 cm³/mol. The minimum absolute atomic E-state index is 0.0201. The number of halogens is 1. The summed E-state index contributed by atoms with van der Waals surface area (Å²) < 4.78 is 25.4. The first-order chi connectivity index (χ1) is 8.06. The zero-order valence-electron chi connectivity index (χ0n) is 8.47. The largest absolute Gasteiger partial charge is 0.478 e. The van der Waals surface area contributed by atoms with E-state index >= 15 is 0 Å². The van der Waals surface area contributed by atoms with E-state index in [1.54, 1.807) is 0 Å². The number of hydrogen-bond acceptors (Lipinski definition) is 3. The molecule has 1 atom stereocenters. The van der Waals surface area contributed by atoms with Crippen molar-refractivity contribution < 1.29 is 23.4 Å². The van der Waals surface area contributed by atoms with Crippen LogP contribution in [0.4, 0.5) is 4.48 Å². The normalized spacial score (nSPS) is 11.8. The molecule has 1 aromatic rings. The summed E-state index contributed by atoms with van der Waals surface area (Å²) in [6.45, 7) is -0.517. The minimum Gasteiger partial charge on any atom is -0.478 e. The van der Waals surface area contributed by atoms with E-state index in [4.69, 9.17) is 5.11 Å². The average Bonchev–Trinajstić information content (AvgIpc) is 2.35. The third kappa shape index (κ3) is 3.61. The number of rotatable bonds is 5. The Kier molecular flexibility index (Phi) is 4.73. The molecule has 1 rings (SSSR count). The number of nitrogens with one attached hydrogen (secondary N) is 2. The van der Waals surface area contributed by atoms with Crippen molar-refractivity contribution in [1.82, 2.24) is 10.3 Å². The second-order valence-corrected chi connectivity index (χ2v) is 4.17. The zero-order chi connectivity index (χ0) is 12.8. The SMILES string of the molecule is O=C(CNS(=O)c1ccccc1C(=O)O)NF. The second kappa shape index (κ2) is 6.06. The molecular weight excluding hydrogens is 251 g/mol. The lowest BCUT2D eigenvalue weighted by atomic mass is 10.2. The Hall–Kier alpha value is -1.80. The summed E-state index contributed by atoms with van der Waals surface area (Å²) >= 11 is 0. The van der Waals surface area contributed by atoms with Gasteiger partial charge in [-0.05, 0) is 12.1 Å². The van der Waals surface area contributed by atoms with Crippen LogP contribution in [0.5, 0.6) is 0 Å². The summed E-state index contributed by atoms with van der Waals surface area (Å²) in [4.78, 5) is 21.4. The molecule has 0 aliphatic heterocycles. The molecule has 8 heteroatoms. The standard InChI is InChI=1S/C9H9FN2O4S/c10-12-8(13)5-11-17(16)7-4-2-1-3-6(7)9(14)15/h1-4,11H,5H2,(H,12,13)(H,14,15). The lowest BCUT2D eigenvalue weighted by Crippen LogP contribution is -2.31. The fraction of sp³-hybridized carbons (Fsp3) is 0.111. The number of carbonyl (C=O) groups is 2. The van der Waals surface area contributed by atoms with Gasteiger partial charge in [0.1, 0.15) is 11.0 Å². The number of hydrogen-bond donors (Lipinski definition) is 3. The van der Waals surface area contributed by atoms with Gasteiger partial charge in [-0.3, -0.25) is 4.79 Å². The van der Waals surface area contributed by atoms with Crippen LogP contribution in [0, 0.1) is 0 Å². The molecule has 1 aromatic carbocycles. The lowest BCUT2D eigenvalue weighted by molar-refractivity contribution is -0.124. The van der Waals surface area contributed by atoms with Crippen molar-refractivity contribution in [2.45, 2.75) is 4.90 Å². The minimum atomic E-state index is -1.90. The van der Waals surface area contributed by atoms with E-state index in [0.29, 0.717) is 0 Å². The van der Waals surface area contributed by atoms with Gasteiger partial charge in [0.2, 0.25) is 0 Å². The van der Waals surface area contributed by atoms with Gasteiger partial charge < -0.3 is 5.11 Å². The topological polar surface area (TPSA) is 95.5 Å². The molecule has 0 aromatic heterocycles. The second-order valence-electron chi connectivity index (χ2n) is 2.91. The quantitative estimate of drug-likeness (QED) is 0.649. The van der Waals surface area contributed by atoms with E-state index in [1.165, 1.54) is 24.3 Å². The molecule has 17 heavy (non-hydrogen) atoms. The van der Waals surface area contributed by atoms with Crippen LogP contribution in [0.15, 0.2) is 29.2 Å². The molecular formula is C9H9FN2O4S. The Morgan fingerprint density at radius 2 is 2.00 bits per heavy atom. The summed E-state index contributed by atoms with van der Waals surface area (Å²) in [6.07, 6.45) is 0. The van der Waals surface area contributed by atoms with Gasteiger partial charge >= 0.3 is 5.97 Å². The highest BCUT2D eigenvalue weighted by Gasteiger charge is 2.15. The number of benzene rings is 1. The maximum Gasteiger partial charge on any atom is 0.336 e. The molecule has 0 aliphatic carbocycles. The molecule has 6 nitrogen and oxygen atoms in total. The molecule has 0 spiro atoms. The molecule has 0 fully saturated rings. The van der Waals surface area contributed by atoms with Crippen molar-refractivity contribution in [2.75, 3.05) is 6.54 Å². The fourth-order valence-electron chi connectivity index (χ4n) is 1.05. The van der Waals surface area contributed by atoms with Crippen molar-refractivity contribution in [3.63, 3.8) is 0 Å². The van der Waals surface area contributed by atoms with E-state index in [1.807, 2.05) is 0 Å². The van der Waals surface area contributed by atoms with Gasteiger partial charge in [-0.15, -0.1) is 4.48 Å². The Bertz CT molecular complexity index is 466. The van der Waals surface area contributed by atoms with E-state index in [0.717, 1.165) is 5.54 Å². The molecule has 92 valence electrons. The fourth-order valence-corrected chi connectivity index (χ4v) is 2.02. The Morgan fingerprint density at radius 1 is 1.35 bits per heavy atom. The van der Waals surface area contributed by atoms with Crippen LogP contribution in [0.2, 0.25) is 0 Å². The molecule has 3 N–H and O–H groups in total. The molecule has 1 unspecified atom stereocenters. The molecule has 0 aliphatic rings. The van der Waals surface area contributed by atoms with Crippen molar-refractivity contribution in [3.8, 4) is 0 Å². The summed E-state index contributed by atoms with van der Waals surface area (Å²) in [6, 6.07) is 5.63. The summed E-state index contributed by atoms with van der Waals surface area (Å²) in [5.41, 5.74) is 0.717. The van der Waals surface area contributed by atoms with Crippen LogP contribution >= 0.6 is 0 Å². The maximum atomic E-state index is 11.6. The zero-order valence-corrected chi connectivity index (χ0v) is 9.29. The summed E-state index contributed by atoms with van der Waals surface area (Å²) in [5, 5.41) is 8.84. The van der Waals surface area contributed by atoms with Gasteiger partial charge in [0.25, 0.3) is 5.91 Å². The van der Waals surface area contributed by atoms with Crippen LogP contribution in [-0.4, -0.2) is 27.7 Å². The third-order valence-corrected chi connectivity index (χ3v) is 2.95. The monoisotopic (exact) mass is 260 g/mol. The van der Waals surface area contributed by atoms with Crippen molar-refractivity contribution in [2.24, 2.45) is 0 Å². The lowest BCUT2D eigenvalue weighted by Gasteiger charge is -2.06. The highest BCUT2D eigenvalue weighted by atomic mass is 32.2. The van der Waals surface area contributed by atoms with E-state index in [2.05, 4.69) is 4.72 Å². The number of carboxylic acid groups (broad SMARTS) is 1. The predicted octanol–water partition coefficient (Wildman–Crippen LogP) is -0.00230. The van der Waals surface area contributed by atoms with Gasteiger partial charge in [0, 0.05) is 0 Å². The summed E-state index contributed by atoms with van der Waals surface area (Å²) in [5.74, 6) is -2.23. The molecule has 0 saturated carbocycles. The first-order valence-corrected chi connectivity index (χ1v) is 5.58. The molecule has 0 saturated heterocycles. The molecule has 0 radical (unpaired) electrons. The van der Waals surface area contributed by atoms with Crippen molar-refractivity contribution >= 4 is 22.9 Å². The average molecular weight is 260 g/mol. The van der Waals surface area contributed by atoms with Gasteiger partial charge in [-0.25, -0.2) is 13.7 Å². The smallest absolute Gasteiger partial charge is 0.336 e. The van der Waals surface area contributed by atoms with Crippen LogP contribution in [0.3, 0.4) is 0 Å².